The highest BCUT2D eigenvalue weighted by molar-refractivity contribution is 6.32. The lowest BCUT2D eigenvalue weighted by molar-refractivity contribution is -0.385. The van der Waals surface area contributed by atoms with Gasteiger partial charge in [0, 0.05) is 34.3 Å². The van der Waals surface area contributed by atoms with Gasteiger partial charge in [-0.25, -0.2) is 0 Å². The minimum Gasteiger partial charge on any atom is -0.258 e. The molecule has 0 bridgehead atoms. The molecule has 0 unspecified atom stereocenters. The van der Waals surface area contributed by atoms with E-state index in [1.54, 1.807) is 0 Å². The van der Waals surface area contributed by atoms with Crippen LogP contribution in [0.2, 0.25) is 10.0 Å². The van der Waals surface area contributed by atoms with E-state index in [0.29, 0.717) is 0 Å². The van der Waals surface area contributed by atoms with E-state index in [-0.39, 0.29) is 32.5 Å². The zero-order valence-electron chi connectivity index (χ0n) is 11.3. The molecule has 7 nitrogen and oxygen atoms in total. The minimum absolute atomic E-state index is 0.129. The normalized spacial score (nSPS) is 10.3. The average Bonchev–Trinajstić information content (AvgIpc) is 2.50. The van der Waals surface area contributed by atoms with Crippen molar-refractivity contribution in [3.63, 3.8) is 0 Å². The number of nitrogens with zero attached hydrogens (tertiary/aromatic N) is 3. The fourth-order valence-electron chi connectivity index (χ4n) is 2.04. The second kappa shape index (κ2) is 6.60. The third kappa shape index (κ3) is 3.39. The Kier molecular flexibility index (Phi) is 4.79. The highest BCUT2D eigenvalue weighted by atomic mass is 35.5. The number of benzene rings is 2. The van der Waals surface area contributed by atoms with Gasteiger partial charge in [-0.1, -0.05) is 23.2 Å². The van der Waals surface area contributed by atoms with Crippen molar-refractivity contribution in [3.05, 3.63) is 77.8 Å². The highest BCUT2D eigenvalue weighted by Crippen LogP contribution is 2.37. The lowest BCUT2D eigenvalue weighted by Gasteiger charge is -2.13. The molecule has 9 heteroatoms. The van der Waals surface area contributed by atoms with Gasteiger partial charge in [0.1, 0.15) is 0 Å². The van der Waals surface area contributed by atoms with E-state index < -0.39 is 15.8 Å². The summed E-state index contributed by atoms with van der Waals surface area (Å²) < 4.78 is 0. The Hall–Kier alpha value is -2.69. The molecule has 0 radical (unpaired) electrons. The molecule has 0 atom stereocenters. The van der Waals surface area contributed by atoms with Gasteiger partial charge in [-0.05, 0) is 23.3 Å². The van der Waals surface area contributed by atoms with Gasteiger partial charge >= 0.3 is 0 Å². The number of hydrogen-bond donors (Lipinski definition) is 0. The predicted molar refractivity (Wildman–Crippen MR) is 83.7 cm³/mol. The van der Waals surface area contributed by atoms with Crippen molar-refractivity contribution >= 4 is 34.6 Å². The number of nitro groups is 2. The fraction of sp³-hybridized carbons (Fsp3) is 0.0714. The molecule has 0 spiro atoms. The lowest BCUT2D eigenvalue weighted by Crippen LogP contribution is -2.02. The second-order valence-electron chi connectivity index (χ2n) is 4.49. The van der Waals surface area contributed by atoms with E-state index in [9.17, 15) is 25.5 Å². The van der Waals surface area contributed by atoms with Gasteiger partial charge in [-0.3, -0.25) is 20.2 Å². The first kappa shape index (κ1) is 16.7. The maximum absolute atomic E-state index is 10.9. The van der Waals surface area contributed by atoms with E-state index in [1.165, 1.54) is 24.3 Å². The van der Waals surface area contributed by atoms with Gasteiger partial charge in [-0.2, -0.15) is 5.26 Å². The Balaban J connectivity index is 2.64. The smallest absolute Gasteiger partial charge is 0.258 e. The van der Waals surface area contributed by atoms with Crippen LogP contribution >= 0.6 is 23.2 Å². The third-order valence-electron chi connectivity index (χ3n) is 3.13. The molecule has 23 heavy (non-hydrogen) atoms. The molecule has 0 aliphatic heterocycles. The van der Waals surface area contributed by atoms with Crippen molar-refractivity contribution in [2.45, 2.75) is 5.92 Å². The van der Waals surface area contributed by atoms with E-state index in [0.717, 1.165) is 12.1 Å². The number of nitriles is 1. The molecule has 0 aromatic heterocycles. The summed E-state index contributed by atoms with van der Waals surface area (Å²) in [6.45, 7) is 0. The van der Waals surface area contributed by atoms with E-state index in [1.807, 2.05) is 6.07 Å². The van der Waals surface area contributed by atoms with Crippen LogP contribution in [0.1, 0.15) is 17.0 Å². The Bertz CT molecular complexity index is 785. The third-order valence-corrected chi connectivity index (χ3v) is 3.82. The summed E-state index contributed by atoms with van der Waals surface area (Å²) in [6.07, 6.45) is 0. The molecule has 0 N–H and O–H groups in total. The maximum atomic E-state index is 10.9. The first-order valence-electron chi connectivity index (χ1n) is 6.12. The number of hydrogen-bond acceptors (Lipinski definition) is 5. The quantitative estimate of drug-likeness (QED) is 0.596. The van der Waals surface area contributed by atoms with Crippen molar-refractivity contribution in [1.29, 1.82) is 5.26 Å². The van der Waals surface area contributed by atoms with E-state index in [2.05, 4.69) is 0 Å². The molecular formula is C14H7Cl2N3O4. The number of non-ortho nitro benzene ring substituents is 2. The van der Waals surface area contributed by atoms with Gasteiger partial charge < -0.3 is 0 Å². The Morgan fingerprint density at radius 3 is 1.61 bits per heavy atom. The summed E-state index contributed by atoms with van der Waals surface area (Å²) >= 11 is 12.1. The van der Waals surface area contributed by atoms with Crippen LogP contribution in [0, 0.1) is 31.6 Å². The first-order chi connectivity index (χ1) is 10.8. The van der Waals surface area contributed by atoms with Gasteiger partial charge in [0.2, 0.25) is 0 Å². The summed E-state index contributed by atoms with van der Waals surface area (Å²) in [7, 11) is 0. The molecule has 2 rings (SSSR count). The average molecular weight is 352 g/mol. The standard InChI is InChI=1S/C14H7Cl2N3O4/c15-13-3-1-8(18(20)21)5-10(13)12(7-17)11-6-9(19(22)23)2-4-14(11)16/h1-6,12H. The zero-order valence-corrected chi connectivity index (χ0v) is 12.8. The van der Waals surface area contributed by atoms with Crippen LogP contribution in [0.15, 0.2) is 36.4 Å². The van der Waals surface area contributed by atoms with Crippen LogP contribution < -0.4 is 0 Å². The van der Waals surface area contributed by atoms with Crippen molar-refractivity contribution in [2.24, 2.45) is 0 Å². The minimum atomic E-state index is -1.07. The highest BCUT2D eigenvalue weighted by Gasteiger charge is 2.24. The molecule has 0 saturated carbocycles. The number of nitro benzene ring substituents is 2. The second-order valence-corrected chi connectivity index (χ2v) is 5.30. The molecular weight excluding hydrogens is 345 g/mol. The summed E-state index contributed by atoms with van der Waals surface area (Å²) in [4.78, 5) is 20.5. The van der Waals surface area contributed by atoms with E-state index >= 15 is 0 Å². The molecule has 2 aromatic rings. The van der Waals surface area contributed by atoms with Crippen LogP contribution in [0.5, 0.6) is 0 Å². The molecule has 0 amide bonds. The largest absolute Gasteiger partial charge is 0.269 e. The maximum Gasteiger partial charge on any atom is 0.269 e. The van der Waals surface area contributed by atoms with Crippen LogP contribution in [-0.4, -0.2) is 9.85 Å². The Labute approximate surface area is 140 Å². The van der Waals surface area contributed by atoms with Crippen LogP contribution in [0.4, 0.5) is 11.4 Å². The molecule has 0 fully saturated rings. The van der Waals surface area contributed by atoms with Crippen molar-refractivity contribution in [1.82, 2.24) is 0 Å². The zero-order chi connectivity index (χ0) is 17.1. The van der Waals surface area contributed by atoms with Gasteiger partial charge in [0.05, 0.1) is 21.8 Å². The van der Waals surface area contributed by atoms with Crippen LogP contribution in [0.3, 0.4) is 0 Å². The summed E-state index contributed by atoms with van der Waals surface area (Å²) in [6, 6.07) is 9.25. The fourth-order valence-corrected chi connectivity index (χ4v) is 2.49. The summed E-state index contributed by atoms with van der Waals surface area (Å²) in [5.41, 5.74) is -0.172. The molecule has 0 heterocycles. The Morgan fingerprint density at radius 1 is 0.913 bits per heavy atom. The first-order valence-corrected chi connectivity index (χ1v) is 6.88. The van der Waals surface area contributed by atoms with Crippen LogP contribution in [-0.2, 0) is 0 Å². The van der Waals surface area contributed by atoms with Crippen molar-refractivity contribution in [3.8, 4) is 6.07 Å². The van der Waals surface area contributed by atoms with Crippen molar-refractivity contribution in [2.75, 3.05) is 0 Å². The topological polar surface area (TPSA) is 110 Å². The number of rotatable bonds is 4. The molecule has 0 aliphatic rings. The predicted octanol–water partition coefficient (Wildman–Crippen LogP) is 4.47. The van der Waals surface area contributed by atoms with E-state index in [4.69, 9.17) is 23.2 Å². The lowest BCUT2D eigenvalue weighted by atomic mass is 9.92. The van der Waals surface area contributed by atoms with Gasteiger partial charge in [0.15, 0.2) is 0 Å². The SMILES string of the molecule is N#CC(c1cc([N+](=O)[O-])ccc1Cl)c1cc([N+](=O)[O-])ccc1Cl. The monoisotopic (exact) mass is 351 g/mol. The molecule has 116 valence electrons. The van der Waals surface area contributed by atoms with Gasteiger partial charge in [0.25, 0.3) is 11.4 Å². The van der Waals surface area contributed by atoms with Crippen molar-refractivity contribution < 1.29 is 9.85 Å². The molecule has 2 aromatic carbocycles. The van der Waals surface area contributed by atoms with Crippen LogP contribution in [0.25, 0.3) is 0 Å². The Morgan fingerprint density at radius 2 is 1.30 bits per heavy atom. The van der Waals surface area contributed by atoms with Gasteiger partial charge in [-0.15, -0.1) is 0 Å². The summed E-state index contributed by atoms with van der Waals surface area (Å²) in [5, 5.41) is 31.5. The molecule has 0 aliphatic carbocycles. The molecule has 0 saturated heterocycles. The summed E-state index contributed by atoms with van der Waals surface area (Å²) in [5.74, 6) is -1.07. The number of halogens is 2.